The third-order valence-corrected chi connectivity index (χ3v) is 2.33. The summed E-state index contributed by atoms with van der Waals surface area (Å²) in [5.74, 6) is 3.47. The molecule has 0 bridgehead atoms. The summed E-state index contributed by atoms with van der Waals surface area (Å²) in [6.45, 7) is 8.69. The second kappa shape index (κ2) is 3.66. The molecular formula is C10H18. The first-order valence-electron chi connectivity index (χ1n) is 4.02. The topological polar surface area (TPSA) is 0 Å². The number of hydrogen-bond donors (Lipinski definition) is 0. The largest absolute Gasteiger partial charge is 0.120 e. The van der Waals surface area contributed by atoms with Crippen molar-refractivity contribution in [2.75, 3.05) is 0 Å². The average Bonchev–Trinajstić information content (AvgIpc) is 1.89. The zero-order valence-corrected chi connectivity index (χ0v) is 7.57. The SMILES string of the molecule is C#CC(C)(C)C(C)CCC. The standard InChI is InChI=1S/C10H18/c1-6-8-9(3)10(4,5)7-2/h2,9H,6,8H2,1,3-5H3. The van der Waals surface area contributed by atoms with Crippen LogP contribution in [0, 0.1) is 23.7 Å². The Labute approximate surface area is 65.0 Å². The number of hydrogen-bond acceptors (Lipinski definition) is 0. The van der Waals surface area contributed by atoms with Crippen LogP contribution in [-0.2, 0) is 0 Å². The molecule has 0 aromatic rings. The second-order valence-electron chi connectivity index (χ2n) is 3.56. The lowest BCUT2D eigenvalue weighted by atomic mass is 9.78. The summed E-state index contributed by atoms with van der Waals surface area (Å²) in [5, 5.41) is 0. The van der Waals surface area contributed by atoms with Gasteiger partial charge in [0, 0.05) is 5.41 Å². The van der Waals surface area contributed by atoms with Gasteiger partial charge in [0.25, 0.3) is 0 Å². The van der Waals surface area contributed by atoms with Crippen molar-refractivity contribution < 1.29 is 0 Å². The molecule has 0 spiro atoms. The van der Waals surface area contributed by atoms with Crippen LogP contribution in [0.25, 0.3) is 0 Å². The van der Waals surface area contributed by atoms with Gasteiger partial charge in [0.2, 0.25) is 0 Å². The lowest BCUT2D eigenvalue weighted by molar-refractivity contribution is 0.302. The lowest BCUT2D eigenvalue weighted by Gasteiger charge is -2.25. The van der Waals surface area contributed by atoms with Gasteiger partial charge in [-0.3, -0.25) is 0 Å². The van der Waals surface area contributed by atoms with E-state index in [0.29, 0.717) is 5.92 Å². The fourth-order valence-corrected chi connectivity index (χ4v) is 0.936. The maximum Gasteiger partial charge on any atom is 0.0281 e. The molecule has 58 valence electrons. The molecule has 0 aliphatic rings. The molecule has 0 nitrogen and oxygen atoms in total. The molecule has 0 aliphatic carbocycles. The molecule has 0 N–H and O–H groups in total. The van der Waals surface area contributed by atoms with Gasteiger partial charge in [0.05, 0.1) is 0 Å². The fourth-order valence-electron chi connectivity index (χ4n) is 0.936. The minimum Gasteiger partial charge on any atom is -0.120 e. The fraction of sp³-hybridized carbons (Fsp3) is 0.800. The summed E-state index contributed by atoms with van der Waals surface area (Å²) in [7, 11) is 0. The van der Waals surface area contributed by atoms with E-state index in [9.17, 15) is 0 Å². The zero-order valence-electron chi connectivity index (χ0n) is 7.57. The van der Waals surface area contributed by atoms with Gasteiger partial charge >= 0.3 is 0 Å². The molecule has 0 saturated carbocycles. The summed E-state index contributed by atoms with van der Waals surface area (Å²) < 4.78 is 0. The Morgan fingerprint density at radius 1 is 1.50 bits per heavy atom. The molecule has 0 heterocycles. The van der Waals surface area contributed by atoms with Gasteiger partial charge in [0.15, 0.2) is 0 Å². The second-order valence-corrected chi connectivity index (χ2v) is 3.56. The summed E-state index contributed by atoms with van der Waals surface area (Å²) in [6, 6.07) is 0. The number of terminal acetylenes is 1. The Hall–Kier alpha value is -0.440. The smallest absolute Gasteiger partial charge is 0.0281 e. The van der Waals surface area contributed by atoms with Crippen molar-refractivity contribution in [3.63, 3.8) is 0 Å². The van der Waals surface area contributed by atoms with Crippen LogP contribution >= 0.6 is 0 Å². The van der Waals surface area contributed by atoms with Gasteiger partial charge < -0.3 is 0 Å². The van der Waals surface area contributed by atoms with E-state index in [1.54, 1.807) is 0 Å². The third-order valence-electron chi connectivity index (χ3n) is 2.33. The Kier molecular flexibility index (Phi) is 3.50. The average molecular weight is 138 g/mol. The predicted molar refractivity (Wildman–Crippen MR) is 46.7 cm³/mol. The highest BCUT2D eigenvalue weighted by atomic mass is 14.2. The van der Waals surface area contributed by atoms with Crippen molar-refractivity contribution in [3.8, 4) is 12.3 Å². The molecule has 0 radical (unpaired) electrons. The van der Waals surface area contributed by atoms with E-state index in [-0.39, 0.29) is 5.41 Å². The Morgan fingerprint density at radius 2 is 2.00 bits per heavy atom. The Morgan fingerprint density at radius 3 is 2.30 bits per heavy atom. The maximum absolute atomic E-state index is 5.39. The maximum atomic E-state index is 5.39. The number of rotatable bonds is 3. The van der Waals surface area contributed by atoms with Crippen molar-refractivity contribution in [3.05, 3.63) is 0 Å². The summed E-state index contributed by atoms with van der Waals surface area (Å²) >= 11 is 0. The third kappa shape index (κ3) is 2.43. The van der Waals surface area contributed by atoms with E-state index in [2.05, 4.69) is 33.6 Å². The van der Waals surface area contributed by atoms with E-state index in [1.165, 1.54) is 12.8 Å². The van der Waals surface area contributed by atoms with Crippen LogP contribution in [0.1, 0.15) is 40.5 Å². The molecule has 0 aliphatic heterocycles. The first-order valence-corrected chi connectivity index (χ1v) is 4.02. The first-order chi connectivity index (χ1) is 4.54. The summed E-state index contributed by atoms with van der Waals surface area (Å²) in [6.07, 6.45) is 7.85. The van der Waals surface area contributed by atoms with Crippen molar-refractivity contribution in [2.24, 2.45) is 11.3 Å². The summed E-state index contributed by atoms with van der Waals surface area (Å²) in [5.41, 5.74) is 0.0794. The van der Waals surface area contributed by atoms with Gasteiger partial charge in [-0.1, -0.05) is 20.3 Å². The molecule has 0 heteroatoms. The van der Waals surface area contributed by atoms with E-state index in [0.717, 1.165) is 0 Å². The van der Waals surface area contributed by atoms with Crippen molar-refractivity contribution in [1.82, 2.24) is 0 Å². The minimum absolute atomic E-state index is 0.0794. The molecule has 0 amide bonds. The van der Waals surface area contributed by atoms with Crippen LogP contribution in [0.15, 0.2) is 0 Å². The zero-order chi connectivity index (χ0) is 8.20. The van der Waals surface area contributed by atoms with Crippen LogP contribution < -0.4 is 0 Å². The van der Waals surface area contributed by atoms with Crippen LogP contribution in [0.2, 0.25) is 0 Å². The van der Waals surface area contributed by atoms with Gasteiger partial charge in [-0.2, -0.15) is 0 Å². The normalized spacial score (nSPS) is 14.3. The Balaban J connectivity index is 3.94. The van der Waals surface area contributed by atoms with Crippen LogP contribution in [0.4, 0.5) is 0 Å². The first kappa shape index (κ1) is 9.56. The monoisotopic (exact) mass is 138 g/mol. The van der Waals surface area contributed by atoms with Gasteiger partial charge in [-0.05, 0) is 26.2 Å². The van der Waals surface area contributed by atoms with Crippen molar-refractivity contribution >= 4 is 0 Å². The highest BCUT2D eigenvalue weighted by Gasteiger charge is 2.21. The molecule has 0 saturated heterocycles. The molecule has 0 aromatic heterocycles. The van der Waals surface area contributed by atoms with Gasteiger partial charge in [0.1, 0.15) is 0 Å². The summed E-state index contributed by atoms with van der Waals surface area (Å²) in [4.78, 5) is 0. The lowest BCUT2D eigenvalue weighted by Crippen LogP contribution is -2.18. The van der Waals surface area contributed by atoms with Crippen LogP contribution in [0.5, 0.6) is 0 Å². The molecule has 10 heavy (non-hydrogen) atoms. The molecule has 0 fully saturated rings. The molecule has 0 rings (SSSR count). The predicted octanol–water partition coefficient (Wildman–Crippen LogP) is 3.08. The highest BCUT2D eigenvalue weighted by Crippen LogP contribution is 2.28. The van der Waals surface area contributed by atoms with Crippen molar-refractivity contribution in [1.29, 1.82) is 0 Å². The van der Waals surface area contributed by atoms with E-state index in [1.807, 2.05) is 0 Å². The van der Waals surface area contributed by atoms with Crippen molar-refractivity contribution in [2.45, 2.75) is 40.5 Å². The highest BCUT2D eigenvalue weighted by molar-refractivity contribution is 5.02. The van der Waals surface area contributed by atoms with E-state index >= 15 is 0 Å². The Bertz CT molecular complexity index is 125. The quantitative estimate of drug-likeness (QED) is 0.526. The van der Waals surface area contributed by atoms with Gasteiger partial charge in [-0.25, -0.2) is 0 Å². The van der Waals surface area contributed by atoms with Crippen LogP contribution in [0.3, 0.4) is 0 Å². The molecule has 1 unspecified atom stereocenters. The van der Waals surface area contributed by atoms with Crippen LogP contribution in [-0.4, -0.2) is 0 Å². The molecule has 0 aromatic carbocycles. The van der Waals surface area contributed by atoms with E-state index < -0.39 is 0 Å². The van der Waals surface area contributed by atoms with Gasteiger partial charge in [-0.15, -0.1) is 12.3 Å². The molecule has 1 atom stereocenters. The minimum atomic E-state index is 0.0794. The molecular weight excluding hydrogens is 120 g/mol. The van der Waals surface area contributed by atoms with E-state index in [4.69, 9.17) is 6.42 Å².